The van der Waals surface area contributed by atoms with E-state index in [1.54, 1.807) is 6.08 Å². The molecule has 0 aliphatic rings. The Morgan fingerprint density at radius 1 is 1.33 bits per heavy atom. The van der Waals surface area contributed by atoms with Crippen molar-refractivity contribution in [2.45, 2.75) is 32.6 Å². The molecule has 0 amide bonds. The third kappa shape index (κ3) is 17.7. The van der Waals surface area contributed by atoms with Gasteiger partial charge < -0.3 is 6.58 Å². The Morgan fingerprint density at radius 3 is 2.22 bits per heavy atom. The number of rotatable bonds is 4. The third-order valence-electron chi connectivity index (χ3n) is 0.974. The zero-order chi connectivity index (χ0) is 5.54. The van der Waals surface area contributed by atoms with Gasteiger partial charge in [0.05, 0.1) is 0 Å². The maximum Gasteiger partial charge on any atom is 1.00 e. The molecule has 0 aromatic rings. The van der Waals surface area contributed by atoms with E-state index in [4.69, 9.17) is 6.58 Å². The summed E-state index contributed by atoms with van der Waals surface area (Å²) in [7, 11) is 0. The molecule has 0 unspecified atom stereocenters. The summed E-state index contributed by atoms with van der Waals surface area (Å²) in [6, 6.07) is 0. The molecule has 53 valence electrons. The molecule has 0 aromatic heterocycles. The largest absolute Gasteiger partial charge is 1.00 e. The van der Waals surface area contributed by atoms with E-state index >= 15 is 0 Å². The van der Waals surface area contributed by atoms with Crippen LogP contribution >= 0.6 is 0 Å². The van der Waals surface area contributed by atoms with Crippen LogP contribution < -0.4 is 0 Å². The minimum absolute atomic E-state index is 0. The van der Waals surface area contributed by atoms with Crippen LogP contribution in [-0.2, 0) is 17.1 Å². The number of hydrogen-bond donors (Lipinski definition) is 0. The van der Waals surface area contributed by atoms with Gasteiger partial charge in [0.2, 0.25) is 0 Å². The molecular formula is C7H13CuLi. The summed E-state index contributed by atoms with van der Waals surface area (Å²) >= 11 is 0. The first-order valence-corrected chi connectivity index (χ1v) is 2.95. The van der Waals surface area contributed by atoms with Crippen LogP contribution in [0.1, 0.15) is 32.6 Å². The quantitative estimate of drug-likeness (QED) is 0.342. The molecule has 1 radical (unpaired) electrons. The predicted molar refractivity (Wildman–Crippen MR) is 38.8 cm³/mol. The topological polar surface area (TPSA) is 0 Å². The molecular weight excluding hydrogens is 155 g/mol. The van der Waals surface area contributed by atoms with Gasteiger partial charge in [-0.15, -0.1) is 0 Å². The molecule has 0 nitrogen and oxygen atoms in total. The molecule has 0 saturated heterocycles. The molecule has 0 spiro atoms. The van der Waals surface area contributed by atoms with E-state index in [1.807, 2.05) is 0 Å². The van der Waals surface area contributed by atoms with Crippen LogP contribution in [0, 0.1) is 6.58 Å². The molecule has 0 N–H and O–H groups in total. The van der Waals surface area contributed by atoms with Crippen LogP contribution in [0.5, 0.6) is 0 Å². The van der Waals surface area contributed by atoms with Gasteiger partial charge in [-0.25, -0.2) is 0 Å². The van der Waals surface area contributed by atoms with Gasteiger partial charge in [0.25, 0.3) is 0 Å². The molecule has 0 rings (SSSR count). The minimum Gasteiger partial charge on any atom is -0.518 e. The molecule has 9 heavy (non-hydrogen) atoms. The average Bonchev–Trinajstić information content (AvgIpc) is 1.69. The Labute approximate surface area is 81.1 Å². The summed E-state index contributed by atoms with van der Waals surface area (Å²) in [4.78, 5) is 0. The first-order valence-electron chi connectivity index (χ1n) is 2.95. The monoisotopic (exact) mass is 167 g/mol. The Bertz CT molecular complexity index is 46.2. The second kappa shape index (κ2) is 15.9. The van der Waals surface area contributed by atoms with Gasteiger partial charge in [-0.2, -0.15) is 0 Å². The second-order valence-electron chi connectivity index (χ2n) is 1.73. The van der Waals surface area contributed by atoms with E-state index in [0.29, 0.717) is 0 Å². The number of allylic oxidation sites excluding steroid dienone is 1. The first-order chi connectivity index (χ1) is 3.41. The molecule has 0 aliphatic carbocycles. The van der Waals surface area contributed by atoms with E-state index in [0.717, 1.165) is 6.42 Å². The van der Waals surface area contributed by atoms with Crippen molar-refractivity contribution in [2.75, 3.05) is 0 Å². The molecule has 0 aliphatic heterocycles. The van der Waals surface area contributed by atoms with Crippen molar-refractivity contribution in [3.05, 3.63) is 12.7 Å². The van der Waals surface area contributed by atoms with Crippen molar-refractivity contribution in [1.82, 2.24) is 0 Å². The van der Waals surface area contributed by atoms with Crippen molar-refractivity contribution >= 4 is 18.9 Å². The zero-order valence-corrected chi connectivity index (χ0v) is 7.23. The summed E-state index contributed by atoms with van der Waals surface area (Å²) in [6.45, 7) is 7.34. The Balaban J connectivity index is -0.000000180. The van der Waals surface area contributed by atoms with Crippen LogP contribution in [0.15, 0.2) is 6.08 Å². The standard InChI is InChI=1S/C7H13.Cu.Li/c1-3-5-7-6-4-2;;/h1,3H,4-7H2,2H3;;/q-1;+1;. The van der Waals surface area contributed by atoms with E-state index < -0.39 is 0 Å². The molecule has 0 saturated carbocycles. The van der Waals surface area contributed by atoms with Gasteiger partial charge in [0, 0.05) is 18.9 Å². The SMILES string of the molecule is [CH-]=CCCCCC.[Cu+].[Li]. The molecule has 0 aromatic carbocycles. The van der Waals surface area contributed by atoms with Gasteiger partial charge in [0.15, 0.2) is 0 Å². The van der Waals surface area contributed by atoms with Crippen LogP contribution in [0.4, 0.5) is 0 Å². The van der Waals surface area contributed by atoms with E-state index in [2.05, 4.69) is 6.92 Å². The fourth-order valence-electron chi connectivity index (χ4n) is 0.512. The van der Waals surface area contributed by atoms with Gasteiger partial charge in [0.1, 0.15) is 0 Å². The summed E-state index contributed by atoms with van der Waals surface area (Å²) < 4.78 is 0. The summed E-state index contributed by atoms with van der Waals surface area (Å²) in [5.74, 6) is 0. The van der Waals surface area contributed by atoms with Crippen molar-refractivity contribution in [2.24, 2.45) is 0 Å². The maximum absolute atomic E-state index is 5.14. The fraction of sp³-hybridized carbons (Fsp3) is 0.714. The smallest absolute Gasteiger partial charge is 0.518 e. The van der Waals surface area contributed by atoms with E-state index in [9.17, 15) is 0 Å². The van der Waals surface area contributed by atoms with Crippen LogP contribution in [0.3, 0.4) is 0 Å². The second-order valence-corrected chi connectivity index (χ2v) is 1.73. The zero-order valence-electron chi connectivity index (χ0n) is 6.28. The van der Waals surface area contributed by atoms with Gasteiger partial charge in [-0.3, -0.25) is 6.08 Å². The fourth-order valence-corrected chi connectivity index (χ4v) is 0.512. The molecule has 2 heteroatoms. The van der Waals surface area contributed by atoms with Crippen LogP contribution in [0.25, 0.3) is 0 Å². The van der Waals surface area contributed by atoms with Crippen molar-refractivity contribution in [3.63, 3.8) is 0 Å². The van der Waals surface area contributed by atoms with Gasteiger partial charge >= 0.3 is 17.1 Å². The van der Waals surface area contributed by atoms with E-state index in [1.165, 1.54) is 19.3 Å². The molecule has 0 bridgehead atoms. The summed E-state index contributed by atoms with van der Waals surface area (Å²) in [6.07, 6.45) is 6.66. The molecule has 0 fully saturated rings. The Morgan fingerprint density at radius 2 is 1.89 bits per heavy atom. The average molecular weight is 168 g/mol. The van der Waals surface area contributed by atoms with Crippen LogP contribution in [0.2, 0.25) is 0 Å². The van der Waals surface area contributed by atoms with Crippen LogP contribution in [-0.4, -0.2) is 18.9 Å². The van der Waals surface area contributed by atoms with Gasteiger partial charge in [-0.1, -0.05) is 32.6 Å². The normalized spacial score (nSPS) is 6.78. The predicted octanol–water partition coefficient (Wildman–Crippen LogP) is 2.17. The third-order valence-corrected chi connectivity index (χ3v) is 0.974. The minimum atomic E-state index is 0. The Kier molecular flexibility index (Phi) is 29.1. The van der Waals surface area contributed by atoms with E-state index in [-0.39, 0.29) is 35.9 Å². The van der Waals surface area contributed by atoms with Crippen molar-refractivity contribution in [1.29, 1.82) is 0 Å². The number of unbranched alkanes of at least 4 members (excludes halogenated alkanes) is 3. The van der Waals surface area contributed by atoms with Crippen molar-refractivity contribution in [3.8, 4) is 0 Å². The molecule has 0 atom stereocenters. The Hall–Kier alpha value is 0.857. The molecule has 0 heterocycles. The number of hydrogen-bond acceptors (Lipinski definition) is 0. The van der Waals surface area contributed by atoms with Gasteiger partial charge in [-0.05, 0) is 0 Å². The summed E-state index contributed by atoms with van der Waals surface area (Å²) in [5.41, 5.74) is 0. The van der Waals surface area contributed by atoms with Crippen molar-refractivity contribution < 1.29 is 17.1 Å². The maximum atomic E-state index is 5.14. The summed E-state index contributed by atoms with van der Waals surface area (Å²) in [5, 5.41) is 0. The first kappa shape index (κ1) is 16.4.